The van der Waals surface area contributed by atoms with E-state index in [9.17, 15) is 40.7 Å². The van der Waals surface area contributed by atoms with Crippen LogP contribution in [-0.2, 0) is 33.8 Å². The quantitative estimate of drug-likeness (QED) is 0.568. The summed E-state index contributed by atoms with van der Waals surface area (Å²) in [5, 5.41) is 7.97. The molecule has 2 aromatic rings. The van der Waals surface area contributed by atoms with Gasteiger partial charge >= 0.3 is 12.4 Å². The van der Waals surface area contributed by atoms with E-state index in [-0.39, 0.29) is 56.2 Å². The van der Waals surface area contributed by atoms with Gasteiger partial charge in [-0.05, 0) is 25.3 Å². The van der Waals surface area contributed by atoms with Gasteiger partial charge in [0.25, 0.3) is 5.56 Å². The lowest BCUT2D eigenvalue weighted by atomic mass is 9.86. The van der Waals surface area contributed by atoms with E-state index >= 15 is 0 Å². The lowest BCUT2D eigenvalue weighted by Gasteiger charge is -2.35. The van der Waals surface area contributed by atoms with Gasteiger partial charge < -0.3 is 15.1 Å². The Morgan fingerprint density at radius 2 is 1.68 bits per heavy atom. The van der Waals surface area contributed by atoms with Gasteiger partial charge in [-0.25, -0.2) is 15.1 Å². The van der Waals surface area contributed by atoms with Crippen LogP contribution >= 0.6 is 0 Å². The highest BCUT2D eigenvalue weighted by Gasteiger charge is 2.48. The fourth-order valence-electron chi connectivity index (χ4n) is 4.45. The second-order valence-electron chi connectivity index (χ2n) is 8.90. The van der Waals surface area contributed by atoms with Crippen LogP contribution in [0.1, 0.15) is 35.7 Å². The predicted octanol–water partition coefficient (Wildman–Crippen LogP) is 1.27. The van der Waals surface area contributed by atoms with Crippen molar-refractivity contribution in [2.45, 2.75) is 37.5 Å². The summed E-state index contributed by atoms with van der Waals surface area (Å²) in [6.45, 7) is 1.85. The summed E-state index contributed by atoms with van der Waals surface area (Å²) in [5.74, 6) is -1.07. The van der Waals surface area contributed by atoms with Crippen molar-refractivity contribution in [2.75, 3.05) is 37.6 Å². The minimum absolute atomic E-state index is 0.0263. The molecule has 200 valence electrons. The zero-order valence-electron chi connectivity index (χ0n) is 19.3. The van der Waals surface area contributed by atoms with Crippen LogP contribution in [0.3, 0.4) is 0 Å². The van der Waals surface area contributed by atoms with Crippen molar-refractivity contribution in [3.8, 4) is 0 Å². The van der Waals surface area contributed by atoms with E-state index in [1.54, 1.807) is 4.90 Å². The number of hydrogen-bond donors (Lipinski definition) is 2. The lowest BCUT2D eigenvalue weighted by molar-refractivity contribution is -0.139. The van der Waals surface area contributed by atoms with Crippen LogP contribution < -0.4 is 15.8 Å². The third kappa shape index (κ3) is 5.09. The van der Waals surface area contributed by atoms with E-state index < -0.39 is 52.8 Å². The van der Waals surface area contributed by atoms with E-state index in [0.717, 1.165) is 0 Å². The number of carbonyl (C=O) groups excluding carboxylic acids is 2. The number of amides is 2. The molecule has 10 nitrogen and oxygen atoms in total. The molecule has 0 spiro atoms. The number of rotatable bonds is 4. The molecule has 37 heavy (non-hydrogen) atoms. The Bertz CT molecular complexity index is 1250. The van der Waals surface area contributed by atoms with E-state index in [2.05, 4.69) is 20.4 Å². The van der Waals surface area contributed by atoms with Crippen molar-refractivity contribution in [2.24, 2.45) is 0 Å². The zero-order valence-corrected chi connectivity index (χ0v) is 19.3. The number of nitrogens with one attached hydrogen (secondary N) is 2. The maximum atomic E-state index is 13.4. The Labute approximate surface area is 205 Å². The highest BCUT2D eigenvalue weighted by atomic mass is 19.4. The lowest BCUT2D eigenvalue weighted by Crippen LogP contribution is -2.52. The standard InChI is InChI=1S/C21H21F6N7O3/c1-19(3-2-12-14(21(25,26)27)16(36)32-31-15(12)19)17(37)28-10-13(35)33-4-6-34(7-5-33)18-29-8-11(9-30-18)20(22,23)24/h8-9H,2-7,10H2,1H3,(H,28,37)(H,32,36). The van der Waals surface area contributed by atoms with Crippen molar-refractivity contribution in [1.29, 1.82) is 0 Å². The molecule has 1 saturated heterocycles. The molecule has 3 heterocycles. The second kappa shape index (κ2) is 9.30. The van der Waals surface area contributed by atoms with Crippen molar-refractivity contribution in [3.05, 3.63) is 45.1 Å². The number of piperazine rings is 1. The van der Waals surface area contributed by atoms with E-state index in [1.807, 2.05) is 5.10 Å². The molecule has 2 aliphatic rings. The smallest absolute Gasteiger partial charge is 0.346 e. The Morgan fingerprint density at radius 3 is 2.24 bits per heavy atom. The topological polar surface area (TPSA) is 124 Å². The van der Waals surface area contributed by atoms with Gasteiger partial charge in [0.15, 0.2) is 0 Å². The Balaban J connectivity index is 1.35. The number of nitrogens with zero attached hydrogens (tertiary/aromatic N) is 5. The first-order valence-corrected chi connectivity index (χ1v) is 11.1. The number of aromatic amines is 1. The number of aromatic nitrogens is 4. The average molecular weight is 533 g/mol. The van der Waals surface area contributed by atoms with Gasteiger partial charge in [-0.3, -0.25) is 14.4 Å². The minimum Gasteiger partial charge on any atom is -0.346 e. The van der Waals surface area contributed by atoms with E-state index in [1.165, 1.54) is 11.8 Å². The third-order valence-electron chi connectivity index (χ3n) is 6.55. The van der Waals surface area contributed by atoms with Crippen molar-refractivity contribution in [3.63, 3.8) is 0 Å². The molecular formula is C21H21F6N7O3. The molecule has 2 N–H and O–H groups in total. The summed E-state index contributed by atoms with van der Waals surface area (Å²) in [4.78, 5) is 47.7. The molecule has 1 fully saturated rings. The predicted molar refractivity (Wildman–Crippen MR) is 114 cm³/mol. The van der Waals surface area contributed by atoms with Gasteiger partial charge in [-0.1, -0.05) is 0 Å². The van der Waals surface area contributed by atoms with Crippen LogP contribution in [0.2, 0.25) is 0 Å². The minimum atomic E-state index is -4.91. The number of H-pyrrole nitrogens is 1. The molecule has 0 bridgehead atoms. The third-order valence-corrected chi connectivity index (χ3v) is 6.55. The number of fused-ring (bicyclic) bond motifs is 1. The van der Waals surface area contributed by atoms with Crippen LogP contribution in [0, 0.1) is 0 Å². The normalized spacial score (nSPS) is 20.1. The number of carbonyl (C=O) groups is 2. The van der Waals surface area contributed by atoms with Gasteiger partial charge in [0.2, 0.25) is 17.8 Å². The van der Waals surface area contributed by atoms with E-state index in [0.29, 0.717) is 12.4 Å². The first-order valence-electron chi connectivity index (χ1n) is 11.1. The maximum Gasteiger partial charge on any atom is 0.422 e. The average Bonchev–Trinajstić information content (AvgIpc) is 3.18. The molecule has 1 aliphatic carbocycles. The fraction of sp³-hybridized carbons (Fsp3) is 0.524. The van der Waals surface area contributed by atoms with Gasteiger partial charge in [0.1, 0.15) is 5.56 Å². The number of alkyl halides is 6. The summed E-state index contributed by atoms with van der Waals surface area (Å²) in [6, 6.07) is 0. The fourth-order valence-corrected chi connectivity index (χ4v) is 4.45. The van der Waals surface area contributed by atoms with Crippen molar-refractivity contribution >= 4 is 17.8 Å². The summed E-state index contributed by atoms with van der Waals surface area (Å²) in [7, 11) is 0. The SMILES string of the molecule is CC1(C(=O)NCC(=O)N2CCN(c3ncc(C(F)(F)F)cn3)CC2)CCc2c1n[nH]c(=O)c2C(F)(F)F. The first-order chi connectivity index (χ1) is 17.2. The number of halogens is 6. The molecule has 0 saturated carbocycles. The molecule has 1 atom stereocenters. The Kier molecular flexibility index (Phi) is 6.62. The van der Waals surface area contributed by atoms with Crippen LogP contribution in [0.5, 0.6) is 0 Å². The van der Waals surface area contributed by atoms with E-state index in [4.69, 9.17) is 0 Å². The van der Waals surface area contributed by atoms with Crippen LogP contribution in [-0.4, -0.2) is 69.6 Å². The molecule has 2 aromatic heterocycles. The summed E-state index contributed by atoms with van der Waals surface area (Å²) < 4.78 is 78.1. The molecule has 1 aliphatic heterocycles. The summed E-state index contributed by atoms with van der Waals surface area (Å²) in [6.07, 6.45) is -8.31. The van der Waals surface area contributed by atoms with Crippen molar-refractivity contribution in [1.82, 2.24) is 30.4 Å². The van der Waals surface area contributed by atoms with Crippen LogP contribution in [0.25, 0.3) is 0 Å². The molecule has 16 heteroatoms. The number of hydrogen-bond acceptors (Lipinski definition) is 7. The molecule has 0 aromatic carbocycles. The van der Waals surface area contributed by atoms with Gasteiger partial charge in [0.05, 0.1) is 23.2 Å². The first kappa shape index (κ1) is 26.3. The molecule has 2 amide bonds. The molecule has 4 rings (SSSR count). The van der Waals surface area contributed by atoms with Crippen molar-refractivity contribution < 1.29 is 35.9 Å². The molecular weight excluding hydrogens is 512 g/mol. The van der Waals surface area contributed by atoms with Crippen LogP contribution in [0.4, 0.5) is 32.3 Å². The van der Waals surface area contributed by atoms with Gasteiger partial charge in [-0.15, -0.1) is 0 Å². The van der Waals surface area contributed by atoms with Gasteiger partial charge in [-0.2, -0.15) is 31.4 Å². The monoisotopic (exact) mass is 533 g/mol. The largest absolute Gasteiger partial charge is 0.422 e. The maximum absolute atomic E-state index is 13.4. The summed E-state index contributed by atoms with van der Waals surface area (Å²) >= 11 is 0. The molecule has 0 radical (unpaired) electrons. The van der Waals surface area contributed by atoms with Crippen LogP contribution in [0.15, 0.2) is 17.2 Å². The highest BCUT2D eigenvalue weighted by Crippen LogP contribution is 2.41. The second-order valence-corrected chi connectivity index (χ2v) is 8.90. The Hall–Kier alpha value is -3.72. The molecule has 1 unspecified atom stereocenters. The highest BCUT2D eigenvalue weighted by molar-refractivity contribution is 5.92. The Morgan fingerprint density at radius 1 is 1.05 bits per heavy atom. The summed E-state index contributed by atoms with van der Waals surface area (Å²) in [5.41, 5.74) is -5.72. The zero-order chi connectivity index (χ0) is 27.2. The van der Waals surface area contributed by atoms with Gasteiger partial charge in [0, 0.05) is 38.6 Å². The number of anilines is 1.